The molecule has 0 aliphatic rings. The molecule has 0 aromatic carbocycles. The molecule has 0 aliphatic heterocycles. The smallest absolute Gasteiger partial charge is 0.329 e. The summed E-state index contributed by atoms with van der Waals surface area (Å²) in [7, 11) is 1.51. The lowest BCUT2D eigenvalue weighted by atomic mass is 9.80. The summed E-state index contributed by atoms with van der Waals surface area (Å²) in [6, 6.07) is -0.869. The van der Waals surface area contributed by atoms with Gasteiger partial charge in [0.15, 0.2) is 0 Å². The average Bonchev–Trinajstić information content (AvgIpc) is 2.60. The highest BCUT2D eigenvalue weighted by molar-refractivity contribution is 5.90. The molecular weight excluding hydrogens is 364 g/mol. The van der Waals surface area contributed by atoms with Gasteiger partial charge in [0.25, 0.3) is 0 Å². The first-order valence-electron chi connectivity index (χ1n) is 9.89. The van der Waals surface area contributed by atoms with Crippen molar-refractivity contribution in [3.8, 4) is 0 Å². The van der Waals surface area contributed by atoms with Gasteiger partial charge in [-0.05, 0) is 24.2 Å². The zero-order valence-corrected chi connectivity index (χ0v) is 18.3. The highest BCUT2D eigenvalue weighted by Crippen LogP contribution is 2.27. The van der Waals surface area contributed by atoms with Gasteiger partial charge in [0.1, 0.15) is 12.6 Å². The Hall–Kier alpha value is -1.67. The number of hydrogen-bond donors (Lipinski definition) is 3. The summed E-state index contributed by atoms with van der Waals surface area (Å²) in [5.74, 6) is -2.70. The zero-order chi connectivity index (χ0) is 21.9. The van der Waals surface area contributed by atoms with Crippen LogP contribution in [-0.2, 0) is 23.9 Å². The van der Waals surface area contributed by atoms with Crippen LogP contribution in [0.3, 0.4) is 0 Å². The minimum Gasteiger partial charge on any atom is -0.462 e. The highest BCUT2D eigenvalue weighted by Gasteiger charge is 2.39. The number of rotatable bonds is 12. The lowest BCUT2D eigenvalue weighted by Crippen LogP contribution is -2.53. The Kier molecular flexibility index (Phi) is 12.0. The Balaban J connectivity index is 5.56. The first-order chi connectivity index (χ1) is 13.0. The van der Waals surface area contributed by atoms with Gasteiger partial charge in [-0.25, -0.2) is 10.3 Å². The van der Waals surface area contributed by atoms with Gasteiger partial charge in [-0.3, -0.25) is 14.8 Å². The molecule has 164 valence electrons. The number of ether oxygens (including phenoxy) is 2. The molecule has 0 rings (SSSR count). The first-order valence-corrected chi connectivity index (χ1v) is 9.89. The standard InChI is InChI=1S/C20H38N2O6/c1-8-9-14(18(24)22-26)15(12-13(2)3)17(23)21-16(20(4,5)6)19(25)28-11-10-27-7/h13-16,26H,8-12H2,1-7H3,(H,21,23)(H,22,24)/t14-,15+,16-/m0/s1. The van der Waals surface area contributed by atoms with Gasteiger partial charge in [0.2, 0.25) is 11.8 Å². The van der Waals surface area contributed by atoms with Crippen molar-refractivity contribution >= 4 is 17.8 Å². The van der Waals surface area contributed by atoms with Crippen molar-refractivity contribution in [1.82, 2.24) is 10.8 Å². The minimum absolute atomic E-state index is 0.0958. The van der Waals surface area contributed by atoms with Crippen LogP contribution < -0.4 is 10.8 Å². The third kappa shape index (κ3) is 9.01. The maximum Gasteiger partial charge on any atom is 0.329 e. The molecule has 0 aromatic rings. The van der Waals surface area contributed by atoms with E-state index in [4.69, 9.17) is 14.7 Å². The van der Waals surface area contributed by atoms with Gasteiger partial charge in [0, 0.05) is 13.0 Å². The second kappa shape index (κ2) is 12.7. The molecule has 0 aromatic heterocycles. The number of hydroxylamine groups is 1. The monoisotopic (exact) mass is 402 g/mol. The molecule has 0 radical (unpaired) electrons. The quantitative estimate of drug-likeness (QED) is 0.200. The maximum absolute atomic E-state index is 13.1. The van der Waals surface area contributed by atoms with Crippen LogP contribution in [0.5, 0.6) is 0 Å². The Morgan fingerprint density at radius 1 is 1.04 bits per heavy atom. The van der Waals surface area contributed by atoms with E-state index in [1.54, 1.807) is 5.48 Å². The topological polar surface area (TPSA) is 114 Å². The van der Waals surface area contributed by atoms with Crippen molar-refractivity contribution in [2.24, 2.45) is 23.2 Å². The molecule has 3 atom stereocenters. The lowest BCUT2D eigenvalue weighted by Gasteiger charge is -2.33. The van der Waals surface area contributed by atoms with Crippen molar-refractivity contribution in [3.05, 3.63) is 0 Å². The number of amides is 2. The predicted octanol–water partition coefficient (Wildman–Crippen LogP) is 2.29. The zero-order valence-electron chi connectivity index (χ0n) is 18.3. The number of methoxy groups -OCH3 is 1. The maximum atomic E-state index is 13.1. The molecule has 28 heavy (non-hydrogen) atoms. The fourth-order valence-electron chi connectivity index (χ4n) is 3.06. The normalized spacial score (nSPS) is 14.9. The van der Waals surface area contributed by atoms with E-state index in [1.165, 1.54) is 7.11 Å². The second-order valence-corrected chi connectivity index (χ2v) is 8.58. The number of hydrogen-bond acceptors (Lipinski definition) is 6. The van der Waals surface area contributed by atoms with Crippen molar-refractivity contribution in [2.45, 2.75) is 66.8 Å². The van der Waals surface area contributed by atoms with Crippen molar-refractivity contribution in [3.63, 3.8) is 0 Å². The lowest BCUT2D eigenvalue weighted by molar-refractivity contribution is -0.153. The summed E-state index contributed by atoms with van der Waals surface area (Å²) in [5, 5.41) is 11.9. The third-order valence-electron chi connectivity index (χ3n) is 4.51. The summed E-state index contributed by atoms with van der Waals surface area (Å²) in [6.07, 6.45) is 1.59. The summed E-state index contributed by atoms with van der Waals surface area (Å²) < 4.78 is 10.1. The Bertz CT molecular complexity index is 501. The number of nitrogens with one attached hydrogen (secondary N) is 2. The van der Waals surface area contributed by atoms with Crippen molar-refractivity contribution in [2.75, 3.05) is 20.3 Å². The molecule has 0 saturated carbocycles. The van der Waals surface area contributed by atoms with E-state index < -0.39 is 35.2 Å². The summed E-state index contributed by atoms with van der Waals surface area (Å²) in [6.45, 7) is 11.7. The van der Waals surface area contributed by atoms with Gasteiger partial charge >= 0.3 is 5.97 Å². The Morgan fingerprint density at radius 2 is 1.64 bits per heavy atom. The molecule has 3 N–H and O–H groups in total. The van der Waals surface area contributed by atoms with Crippen molar-refractivity contribution < 1.29 is 29.1 Å². The molecule has 8 nitrogen and oxygen atoms in total. The molecule has 0 saturated heterocycles. The molecule has 0 unspecified atom stereocenters. The van der Waals surface area contributed by atoms with E-state index in [1.807, 2.05) is 41.5 Å². The van der Waals surface area contributed by atoms with Gasteiger partial charge in [-0.1, -0.05) is 48.0 Å². The molecule has 0 spiro atoms. The molecule has 8 heteroatoms. The fourth-order valence-corrected chi connectivity index (χ4v) is 3.06. The van der Waals surface area contributed by atoms with Gasteiger partial charge in [-0.15, -0.1) is 0 Å². The summed E-state index contributed by atoms with van der Waals surface area (Å²) in [4.78, 5) is 37.8. The molecule has 0 aliphatic carbocycles. The van der Waals surface area contributed by atoms with Crippen LogP contribution in [0.25, 0.3) is 0 Å². The van der Waals surface area contributed by atoms with Crippen LogP contribution in [0.4, 0.5) is 0 Å². The second-order valence-electron chi connectivity index (χ2n) is 8.58. The van der Waals surface area contributed by atoms with E-state index in [9.17, 15) is 14.4 Å². The van der Waals surface area contributed by atoms with E-state index >= 15 is 0 Å². The van der Waals surface area contributed by atoms with Crippen LogP contribution in [0, 0.1) is 23.2 Å². The number of carbonyl (C=O) groups excluding carboxylic acids is 3. The number of carbonyl (C=O) groups is 3. The fraction of sp³-hybridized carbons (Fsp3) is 0.850. The summed E-state index contributed by atoms with van der Waals surface area (Å²) >= 11 is 0. The largest absolute Gasteiger partial charge is 0.462 e. The van der Waals surface area contributed by atoms with E-state index in [2.05, 4.69) is 5.32 Å². The molecule has 0 bridgehead atoms. The average molecular weight is 403 g/mol. The van der Waals surface area contributed by atoms with Crippen LogP contribution in [-0.4, -0.2) is 49.4 Å². The van der Waals surface area contributed by atoms with E-state index in [-0.39, 0.29) is 25.0 Å². The molecule has 0 heterocycles. The predicted molar refractivity (Wildman–Crippen MR) is 105 cm³/mol. The van der Waals surface area contributed by atoms with Gasteiger partial charge in [-0.2, -0.15) is 0 Å². The minimum atomic E-state index is -0.869. The first kappa shape index (κ1) is 26.3. The van der Waals surface area contributed by atoms with Crippen LogP contribution in [0.1, 0.15) is 60.8 Å². The summed E-state index contributed by atoms with van der Waals surface area (Å²) in [5.41, 5.74) is 1.09. The molecule has 0 fully saturated rings. The van der Waals surface area contributed by atoms with Crippen LogP contribution >= 0.6 is 0 Å². The molecule has 2 amide bonds. The third-order valence-corrected chi connectivity index (χ3v) is 4.51. The van der Waals surface area contributed by atoms with Gasteiger partial charge < -0.3 is 14.8 Å². The Labute approximate surface area is 168 Å². The van der Waals surface area contributed by atoms with Crippen molar-refractivity contribution in [1.29, 1.82) is 0 Å². The molecular formula is C20H38N2O6. The Morgan fingerprint density at radius 3 is 2.07 bits per heavy atom. The van der Waals surface area contributed by atoms with Gasteiger partial charge in [0.05, 0.1) is 12.5 Å². The highest BCUT2D eigenvalue weighted by atomic mass is 16.6. The SMILES string of the molecule is CCC[C@H](C(=O)NO)[C@@H](CC(C)C)C(=O)N[C@@H](C(=O)OCCOC)C(C)(C)C. The van der Waals surface area contributed by atoms with Crippen LogP contribution in [0.15, 0.2) is 0 Å². The van der Waals surface area contributed by atoms with E-state index in [0.29, 0.717) is 19.3 Å². The number of esters is 1. The van der Waals surface area contributed by atoms with E-state index in [0.717, 1.165) is 0 Å². The van der Waals surface area contributed by atoms with Crippen LogP contribution in [0.2, 0.25) is 0 Å².